The highest BCUT2D eigenvalue weighted by Gasteiger charge is 2.26. The molecule has 1 aromatic rings. The molecular weight excluding hydrogens is 306 g/mol. The Morgan fingerprint density at radius 2 is 1.89 bits per heavy atom. The zero-order valence-electron chi connectivity index (χ0n) is 11.8. The van der Waals surface area contributed by atoms with Crippen LogP contribution in [0.1, 0.15) is 45.1 Å². The quantitative estimate of drug-likeness (QED) is 0.909. The molecule has 3 nitrogen and oxygen atoms in total. The first-order valence-corrected chi connectivity index (χ1v) is 7.54. The molecule has 0 bridgehead atoms. The zero-order valence-corrected chi connectivity index (χ0v) is 13.4. The molecular formula is C15H22BrNO2. The van der Waals surface area contributed by atoms with Crippen LogP contribution in [0.2, 0.25) is 0 Å². The smallest absolute Gasteiger partial charge is 0.166 e. The summed E-state index contributed by atoms with van der Waals surface area (Å²) in [7, 11) is 1.66. The topological polar surface area (TPSA) is 44.5 Å². The Balaban J connectivity index is 2.42. The molecule has 0 saturated heterocycles. The molecule has 0 unspecified atom stereocenters. The molecule has 1 fully saturated rings. The number of methoxy groups -OCH3 is 1. The van der Waals surface area contributed by atoms with E-state index in [2.05, 4.69) is 15.9 Å². The van der Waals surface area contributed by atoms with Gasteiger partial charge >= 0.3 is 0 Å². The van der Waals surface area contributed by atoms with E-state index >= 15 is 0 Å². The van der Waals surface area contributed by atoms with E-state index in [4.69, 9.17) is 15.2 Å². The van der Waals surface area contributed by atoms with E-state index in [-0.39, 0.29) is 6.10 Å². The fourth-order valence-electron chi connectivity index (χ4n) is 2.49. The average molecular weight is 328 g/mol. The second kappa shape index (κ2) is 5.71. The molecule has 106 valence electrons. The molecule has 0 aromatic heterocycles. The molecule has 1 aliphatic rings. The van der Waals surface area contributed by atoms with Crippen LogP contribution in [0.15, 0.2) is 16.6 Å². The van der Waals surface area contributed by atoms with Crippen molar-refractivity contribution in [2.75, 3.05) is 7.11 Å². The van der Waals surface area contributed by atoms with Gasteiger partial charge in [0.15, 0.2) is 11.5 Å². The Morgan fingerprint density at radius 3 is 2.42 bits per heavy atom. The van der Waals surface area contributed by atoms with Gasteiger partial charge in [-0.1, -0.05) is 15.9 Å². The molecule has 0 amide bonds. The number of hydrogen-bond acceptors (Lipinski definition) is 3. The summed E-state index contributed by atoms with van der Waals surface area (Å²) in [5.41, 5.74) is 6.78. The van der Waals surface area contributed by atoms with Crippen LogP contribution in [0.4, 0.5) is 0 Å². The second-order valence-corrected chi connectivity index (χ2v) is 6.65. The first kappa shape index (κ1) is 14.7. The maximum Gasteiger partial charge on any atom is 0.166 e. The SMILES string of the molecule is COc1cc(Br)cc(C(C)(C)N)c1OC1CCCC1. The summed E-state index contributed by atoms with van der Waals surface area (Å²) in [5, 5.41) is 0. The van der Waals surface area contributed by atoms with Gasteiger partial charge in [0.2, 0.25) is 0 Å². The van der Waals surface area contributed by atoms with Crippen molar-refractivity contribution in [2.24, 2.45) is 5.73 Å². The van der Waals surface area contributed by atoms with Crippen LogP contribution in [0, 0.1) is 0 Å². The summed E-state index contributed by atoms with van der Waals surface area (Å²) >= 11 is 3.50. The summed E-state index contributed by atoms with van der Waals surface area (Å²) in [6.07, 6.45) is 5.00. The predicted octanol–water partition coefficient (Wildman–Crippen LogP) is 3.97. The largest absolute Gasteiger partial charge is 0.493 e. The fraction of sp³-hybridized carbons (Fsp3) is 0.600. The van der Waals surface area contributed by atoms with E-state index in [0.29, 0.717) is 0 Å². The van der Waals surface area contributed by atoms with Crippen LogP contribution in [0.25, 0.3) is 0 Å². The Hall–Kier alpha value is -0.740. The van der Waals surface area contributed by atoms with E-state index in [1.807, 2.05) is 26.0 Å². The number of nitrogens with two attached hydrogens (primary N) is 1. The van der Waals surface area contributed by atoms with Gasteiger partial charge in [-0.3, -0.25) is 0 Å². The summed E-state index contributed by atoms with van der Waals surface area (Å²) in [4.78, 5) is 0. The number of rotatable bonds is 4. The van der Waals surface area contributed by atoms with Crippen LogP contribution in [0.3, 0.4) is 0 Å². The third-order valence-corrected chi connectivity index (χ3v) is 3.98. The van der Waals surface area contributed by atoms with Crippen molar-refractivity contribution in [1.29, 1.82) is 0 Å². The molecule has 2 N–H and O–H groups in total. The van der Waals surface area contributed by atoms with Crippen LogP contribution in [-0.2, 0) is 5.54 Å². The summed E-state index contributed by atoms with van der Waals surface area (Å²) < 4.78 is 12.6. The van der Waals surface area contributed by atoms with Crippen LogP contribution < -0.4 is 15.2 Å². The second-order valence-electron chi connectivity index (χ2n) is 5.73. The van der Waals surface area contributed by atoms with E-state index in [1.165, 1.54) is 12.8 Å². The Labute approximate surface area is 123 Å². The fourth-order valence-corrected chi connectivity index (χ4v) is 2.93. The number of ether oxygens (including phenoxy) is 2. The van der Waals surface area contributed by atoms with Gasteiger partial charge in [-0.05, 0) is 51.7 Å². The zero-order chi connectivity index (χ0) is 14.0. The van der Waals surface area contributed by atoms with Crippen molar-refractivity contribution in [3.8, 4) is 11.5 Å². The van der Waals surface area contributed by atoms with Gasteiger partial charge in [0.1, 0.15) is 0 Å². The molecule has 0 spiro atoms. The van der Waals surface area contributed by atoms with E-state index in [9.17, 15) is 0 Å². The minimum Gasteiger partial charge on any atom is -0.493 e. The molecule has 0 atom stereocenters. The number of benzene rings is 1. The highest BCUT2D eigenvalue weighted by Crippen LogP contribution is 2.41. The van der Waals surface area contributed by atoms with Crippen molar-refractivity contribution >= 4 is 15.9 Å². The van der Waals surface area contributed by atoms with Gasteiger partial charge in [-0.2, -0.15) is 0 Å². The number of hydrogen-bond donors (Lipinski definition) is 1. The van der Waals surface area contributed by atoms with Crippen LogP contribution in [0.5, 0.6) is 11.5 Å². The molecule has 1 aromatic carbocycles. The Kier molecular flexibility index (Phi) is 4.41. The molecule has 19 heavy (non-hydrogen) atoms. The lowest BCUT2D eigenvalue weighted by atomic mass is 9.94. The van der Waals surface area contributed by atoms with Crippen molar-refractivity contribution in [3.05, 3.63) is 22.2 Å². The summed E-state index contributed by atoms with van der Waals surface area (Å²) in [5.74, 6) is 1.54. The molecule has 2 rings (SSSR count). The minimum atomic E-state index is -0.467. The van der Waals surface area contributed by atoms with Gasteiger partial charge in [0, 0.05) is 15.6 Å². The Morgan fingerprint density at radius 1 is 1.26 bits per heavy atom. The molecule has 0 heterocycles. The van der Waals surface area contributed by atoms with E-state index in [1.54, 1.807) is 7.11 Å². The summed E-state index contributed by atoms with van der Waals surface area (Å²) in [6, 6.07) is 3.95. The molecule has 4 heteroatoms. The first-order valence-electron chi connectivity index (χ1n) is 6.75. The molecule has 0 radical (unpaired) electrons. The highest BCUT2D eigenvalue weighted by molar-refractivity contribution is 9.10. The van der Waals surface area contributed by atoms with E-state index < -0.39 is 5.54 Å². The third kappa shape index (κ3) is 3.42. The lowest BCUT2D eigenvalue weighted by molar-refractivity contribution is 0.195. The lowest BCUT2D eigenvalue weighted by Gasteiger charge is -2.26. The van der Waals surface area contributed by atoms with Gasteiger partial charge < -0.3 is 15.2 Å². The van der Waals surface area contributed by atoms with Gasteiger partial charge in [0.05, 0.1) is 13.2 Å². The van der Waals surface area contributed by atoms with Crippen molar-refractivity contribution in [3.63, 3.8) is 0 Å². The number of halogens is 1. The minimum absolute atomic E-state index is 0.288. The average Bonchev–Trinajstić information content (AvgIpc) is 2.82. The van der Waals surface area contributed by atoms with Gasteiger partial charge in [-0.25, -0.2) is 0 Å². The maximum atomic E-state index is 6.27. The van der Waals surface area contributed by atoms with Crippen molar-refractivity contribution in [2.45, 2.75) is 51.2 Å². The monoisotopic (exact) mass is 327 g/mol. The standard InChI is InChI=1S/C15H22BrNO2/c1-15(2,17)12-8-10(16)9-13(18-3)14(12)19-11-6-4-5-7-11/h8-9,11H,4-7,17H2,1-3H3. The van der Waals surface area contributed by atoms with Gasteiger partial charge in [-0.15, -0.1) is 0 Å². The molecule has 1 saturated carbocycles. The molecule has 0 aliphatic heterocycles. The Bertz CT molecular complexity index is 448. The third-order valence-electron chi connectivity index (χ3n) is 3.52. The van der Waals surface area contributed by atoms with Gasteiger partial charge in [0.25, 0.3) is 0 Å². The lowest BCUT2D eigenvalue weighted by Crippen LogP contribution is -2.30. The highest BCUT2D eigenvalue weighted by atomic mass is 79.9. The van der Waals surface area contributed by atoms with Crippen molar-refractivity contribution < 1.29 is 9.47 Å². The van der Waals surface area contributed by atoms with Crippen molar-refractivity contribution in [1.82, 2.24) is 0 Å². The maximum absolute atomic E-state index is 6.27. The van der Waals surface area contributed by atoms with E-state index in [0.717, 1.165) is 34.4 Å². The molecule has 1 aliphatic carbocycles. The summed E-state index contributed by atoms with van der Waals surface area (Å²) in [6.45, 7) is 3.96. The first-order chi connectivity index (χ1) is 8.91. The normalized spacial score (nSPS) is 16.7. The van der Waals surface area contributed by atoms with Crippen LogP contribution >= 0.6 is 15.9 Å². The predicted molar refractivity (Wildman–Crippen MR) is 80.8 cm³/mol. The van der Waals surface area contributed by atoms with Crippen LogP contribution in [-0.4, -0.2) is 13.2 Å².